The highest BCUT2D eigenvalue weighted by Crippen LogP contribution is 2.27. The van der Waals surface area contributed by atoms with Crippen molar-refractivity contribution in [3.63, 3.8) is 0 Å². The maximum absolute atomic E-state index is 11.3. The van der Waals surface area contributed by atoms with E-state index in [1.807, 2.05) is 6.92 Å². The Morgan fingerprint density at radius 1 is 1.42 bits per heavy atom. The molecule has 96 valence electrons. The number of nitrogens with two attached hydrogens (primary N) is 1. The number of hydrogen-bond acceptors (Lipinski definition) is 4. The fourth-order valence-electron chi connectivity index (χ4n) is 2.04. The molecule has 0 atom stereocenters. The third-order valence-electron chi connectivity index (χ3n) is 2.86. The molecule has 6 nitrogen and oxygen atoms in total. The van der Waals surface area contributed by atoms with Gasteiger partial charge in [-0.1, -0.05) is 0 Å². The Bertz CT molecular complexity index is 786. The Balaban J connectivity index is 2.38. The molecule has 0 radical (unpaired) electrons. The molecular formula is C13H11N3O3. The molecule has 0 unspecified atom stereocenters. The smallest absolute Gasteiger partial charge is 0.356 e. The molecular weight excluding hydrogens is 246 g/mol. The number of aromatic carboxylic acids is 1. The van der Waals surface area contributed by atoms with Crippen LogP contribution in [0.4, 0.5) is 5.69 Å². The van der Waals surface area contributed by atoms with Gasteiger partial charge in [-0.2, -0.15) is 0 Å². The minimum atomic E-state index is -1.12. The van der Waals surface area contributed by atoms with Gasteiger partial charge in [-0.25, -0.2) is 9.78 Å². The first-order valence-corrected chi connectivity index (χ1v) is 5.64. The number of carboxylic acid groups (broad SMARTS) is 1. The van der Waals surface area contributed by atoms with Gasteiger partial charge in [-0.15, -0.1) is 0 Å². The first kappa shape index (κ1) is 11.3. The zero-order valence-corrected chi connectivity index (χ0v) is 10.1. The highest BCUT2D eigenvalue weighted by molar-refractivity contribution is 5.98. The van der Waals surface area contributed by atoms with Crippen molar-refractivity contribution in [3.05, 3.63) is 41.9 Å². The molecule has 0 aliphatic rings. The van der Waals surface area contributed by atoms with Crippen molar-refractivity contribution < 1.29 is 14.3 Å². The van der Waals surface area contributed by atoms with Gasteiger partial charge < -0.3 is 15.3 Å². The van der Waals surface area contributed by atoms with Crippen molar-refractivity contribution in [2.75, 3.05) is 5.73 Å². The maximum atomic E-state index is 11.3. The largest absolute Gasteiger partial charge is 0.476 e. The Morgan fingerprint density at radius 2 is 2.21 bits per heavy atom. The number of pyridine rings is 1. The molecule has 0 amide bonds. The fraction of sp³-hybridized carbons (Fsp3) is 0.0769. The highest BCUT2D eigenvalue weighted by Gasteiger charge is 2.20. The Hall–Kier alpha value is -2.76. The van der Waals surface area contributed by atoms with E-state index in [0.717, 1.165) is 5.76 Å². The number of carboxylic acids is 1. The molecule has 0 aromatic carbocycles. The van der Waals surface area contributed by atoms with Crippen molar-refractivity contribution in [2.24, 2.45) is 0 Å². The van der Waals surface area contributed by atoms with E-state index in [0.29, 0.717) is 22.8 Å². The molecule has 3 rings (SSSR count). The molecule has 3 aromatic rings. The molecule has 0 fully saturated rings. The molecule has 0 saturated heterocycles. The standard InChI is InChI=1S/C13H11N3O3/c1-7-4-5-9(19-7)12-15-10(13(17)18)11-8(14)3-2-6-16(11)12/h2-6H,14H2,1H3,(H,17,18). The van der Waals surface area contributed by atoms with Crippen LogP contribution in [0.15, 0.2) is 34.9 Å². The van der Waals surface area contributed by atoms with Crippen LogP contribution in [0.25, 0.3) is 17.1 Å². The van der Waals surface area contributed by atoms with E-state index in [4.69, 9.17) is 10.2 Å². The Morgan fingerprint density at radius 3 is 2.84 bits per heavy atom. The summed E-state index contributed by atoms with van der Waals surface area (Å²) in [5.41, 5.74) is 6.49. The van der Waals surface area contributed by atoms with Crippen LogP contribution in [0.2, 0.25) is 0 Å². The summed E-state index contributed by atoms with van der Waals surface area (Å²) in [5, 5.41) is 9.21. The normalized spacial score (nSPS) is 11.0. The van der Waals surface area contributed by atoms with Crippen LogP contribution in [0, 0.1) is 6.92 Å². The number of aryl methyl sites for hydroxylation is 1. The summed E-state index contributed by atoms with van der Waals surface area (Å²) in [5.74, 6) is 0.538. The maximum Gasteiger partial charge on any atom is 0.356 e. The average molecular weight is 257 g/mol. The summed E-state index contributed by atoms with van der Waals surface area (Å²) >= 11 is 0. The lowest BCUT2D eigenvalue weighted by molar-refractivity contribution is 0.0693. The van der Waals surface area contributed by atoms with Crippen molar-refractivity contribution >= 4 is 17.2 Å². The lowest BCUT2D eigenvalue weighted by Gasteiger charge is -2.00. The second kappa shape index (κ2) is 3.88. The molecule has 3 heterocycles. The summed E-state index contributed by atoms with van der Waals surface area (Å²) in [6, 6.07) is 6.91. The zero-order valence-electron chi connectivity index (χ0n) is 10.1. The molecule has 0 bridgehead atoms. The van der Waals surface area contributed by atoms with Crippen LogP contribution >= 0.6 is 0 Å². The number of nitrogens with zero attached hydrogens (tertiary/aromatic N) is 2. The summed E-state index contributed by atoms with van der Waals surface area (Å²) < 4.78 is 7.12. The SMILES string of the molecule is Cc1ccc(-c2nc(C(=O)O)c3c(N)cccn23)o1. The van der Waals surface area contributed by atoms with Gasteiger partial charge in [-0.05, 0) is 31.2 Å². The van der Waals surface area contributed by atoms with Crippen LogP contribution in [0.1, 0.15) is 16.2 Å². The van der Waals surface area contributed by atoms with E-state index in [9.17, 15) is 9.90 Å². The van der Waals surface area contributed by atoms with Gasteiger partial charge in [0.05, 0.1) is 5.69 Å². The lowest BCUT2D eigenvalue weighted by Crippen LogP contribution is -2.00. The topological polar surface area (TPSA) is 93.8 Å². The van der Waals surface area contributed by atoms with Crippen molar-refractivity contribution in [2.45, 2.75) is 6.92 Å². The fourth-order valence-corrected chi connectivity index (χ4v) is 2.04. The molecule has 0 aliphatic carbocycles. The highest BCUT2D eigenvalue weighted by atomic mass is 16.4. The number of hydrogen-bond donors (Lipinski definition) is 2. The quantitative estimate of drug-likeness (QED) is 0.733. The monoisotopic (exact) mass is 257 g/mol. The van der Waals surface area contributed by atoms with Gasteiger partial charge in [0, 0.05) is 6.20 Å². The van der Waals surface area contributed by atoms with Crippen LogP contribution in [-0.4, -0.2) is 20.5 Å². The van der Waals surface area contributed by atoms with Crippen LogP contribution in [0.3, 0.4) is 0 Å². The van der Waals surface area contributed by atoms with Gasteiger partial charge in [0.15, 0.2) is 17.3 Å². The van der Waals surface area contributed by atoms with Gasteiger partial charge in [0.25, 0.3) is 0 Å². The molecule has 0 saturated carbocycles. The zero-order chi connectivity index (χ0) is 13.6. The predicted octanol–water partition coefficient (Wildman–Crippen LogP) is 2.18. The average Bonchev–Trinajstić information content (AvgIpc) is 2.93. The van der Waals surface area contributed by atoms with E-state index >= 15 is 0 Å². The number of rotatable bonds is 2. The van der Waals surface area contributed by atoms with E-state index < -0.39 is 5.97 Å². The van der Waals surface area contributed by atoms with Gasteiger partial charge in [-0.3, -0.25) is 4.40 Å². The van der Waals surface area contributed by atoms with Crippen LogP contribution in [-0.2, 0) is 0 Å². The molecule has 3 N–H and O–H groups in total. The first-order valence-electron chi connectivity index (χ1n) is 5.64. The van der Waals surface area contributed by atoms with E-state index in [1.54, 1.807) is 34.9 Å². The molecule has 0 aliphatic heterocycles. The molecule has 19 heavy (non-hydrogen) atoms. The second-order valence-electron chi connectivity index (χ2n) is 4.18. The van der Waals surface area contributed by atoms with E-state index in [2.05, 4.69) is 4.98 Å². The summed E-state index contributed by atoms with van der Waals surface area (Å²) in [6.07, 6.45) is 1.71. The number of nitrogen functional groups attached to an aromatic ring is 1. The minimum Gasteiger partial charge on any atom is -0.476 e. The minimum absolute atomic E-state index is 0.0813. The van der Waals surface area contributed by atoms with E-state index in [1.165, 1.54) is 0 Å². The van der Waals surface area contributed by atoms with Crippen molar-refractivity contribution in [1.82, 2.24) is 9.38 Å². The third kappa shape index (κ3) is 1.65. The van der Waals surface area contributed by atoms with Crippen molar-refractivity contribution in [1.29, 1.82) is 0 Å². The predicted molar refractivity (Wildman–Crippen MR) is 69.0 cm³/mol. The molecule has 3 aromatic heterocycles. The first-order chi connectivity index (χ1) is 9.08. The number of imidazole rings is 1. The summed E-state index contributed by atoms with van der Waals surface area (Å²) in [4.78, 5) is 15.4. The second-order valence-corrected chi connectivity index (χ2v) is 4.18. The number of carbonyl (C=O) groups is 1. The summed E-state index contributed by atoms with van der Waals surface area (Å²) in [6.45, 7) is 1.81. The number of fused-ring (bicyclic) bond motifs is 1. The van der Waals surface area contributed by atoms with Crippen LogP contribution in [0.5, 0.6) is 0 Å². The van der Waals surface area contributed by atoms with Gasteiger partial charge >= 0.3 is 5.97 Å². The Labute approximate surface area is 108 Å². The number of furan rings is 1. The van der Waals surface area contributed by atoms with Gasteiger partial charge in [0.2, 0.25) is 0 Å². The van der Waals surface area contributed by atoms with Crippen LogP contribution < -0.4 is 5.73 Å². The number of anilines is 1. The third-order valence-corrected chi connectivity index (χ3v) is 2.86. The molecule has 6 heteroatoms. The number of aromatic nitrogens is 2. The Kier molecular flexibility index (Phi) is 2.31. The molecule has 0 spiro atoms. The summed E-state index contributed by atoms with van der Waals surface area (Å²) in [7, 11) is 0. The van der Waals surface area contributed by atoms with Gasteiger partial charge in [0.1, 0.15) is 11.3 Å². The van der Waals surface area contributed by atoms with E-state index in [-0.39, 0.29) is 5.69 Å². The lowest BCUT2D eigenvalue weighted by atomic mass is 10.3. The van der Waals surface area contributed by atoms with Crippen molar-refractivity contribution in [3.8, 4) is 11.6 Å².